The second-order valence-corrected chi connectivity index (χ2v) is 18.8. The summed E-state index contributed by atoms with van der Waals surface area (Å²) in [6.45, 7) is 2.33. The molecule has 1 atom stereocenters. The Bertz CT molecular complexity index is 2560. The molecule has 6 aliphatic rings. The summed E-state index contributed by atoms with van der Waals surface area (Å²) in [4.78, 5) is 55.9. The van der Waals surface area contributed by atoms with Gasteiger partial charge >= 0.3 is 6.18 Å². The van der Waals surface area contributed by atoms with Gasteiger partial charge in [0.1, 0.15) is 18.2 Å². The second kappa shape index (κ2) is 17.4. The summed E-state index contributed by atoms with van der Waals surface area (Å²) in [6, 6.07) is 12.6. The first kappa shape index (κ1) is 44.0. The average Bonchev–Trinajstić information content (AvgIpc) is 3.96. The SMILES string of the molecule is Cn1cnnc1CC1(c2cccc(N3Cc4c(cc(NCC[C@H]5CC[C@H](OC6CCN(c7ccc8c(c7F)CN(C7CCC(=O)NC7=O)C8=O)CC6)CC5)cc4C(F)(F)F)C3=O)c2)COC1. The van der Waals surface area contributed by atoms with E-state index in [0.717, 1.165) is 62.4 Å². The monoisotopic (exact) mass is 912 g/mol. The largest absolute Gasteiger partial charge is 0.416 e. The van der Waals surface area contributed by atoms with Crippen LogP contribution < -0.4 is 20.4 Å². The number of nitrogens with zero attached hydrogens (tertiary/aromatic N) is 6. The maximum absolute atomic E-state index is 16.0. The molecule has 3 aromatic carbocycles. The number of aryl methyl sites for hydroxylation is 1. The fourth-order valence-corrected chi connectivity index (χ4v) is 10.8. The van der Waals surface area contributed by atoms with Crippen LogP contribution >= 0.6 is 0 Å². The van der Waals surface area contributed by atoms with Crippen molar-refractivity contribution in [2.75, 3.05) is 48.0 Å². The van der Waals surface area contributed by atoms with Crippen LogP contribution in [-0.2, 0) is 57.2 Å². The number of hydrogen-bond donors (Lipinski definition) is 2. The van der Waals surface area contributed by atoms with Gasteiger partial charge in [-0.25, -0.2) is 4.39 Å². The van der Waals surface area contributed by atoms with Gasteiger partial charge in [-0.05, 0) is 105 Å². The van der Waals surface area contributed by atoms with Crippen molar-refractivity contribution in [3.8, 4) is 0 Å². The van der Waals surface area contributed by atoms with Crippen molar-refractivity contribution in [1.29, 1.82) is 0 Å². The molecule has 1 unspecified atom stereocenters. The number of piperidine rings is 2. The number of nitrogens with one attached hydrogen (secondary N) is 2. The van der Waals surface area contributed by atoms with E-state index >= 15 is 4.39 Å². The highest BCUT2D eigenvalue weighted by Gasteiger charge is 2.45. The quantitative estimate of drug-likeness (QED) is 0.120. The van der Waals surface area contributed by atoms with Crippen LogP contribution in [0.2, 0.25) is 0 Å². The Morgan fingerprint density at radius 2 is 1.67 bits per heavy atom. The maximum Gasteiger partial charge on any atom is 0.416 e. The molecule has 4 amide bonds. The highest BCUT2D eigenvalue weighted by Crippen LogP contribution is 2.43. The number of ether oxygens (including phenoxy) is 2. The number of amides is 4. The molecule has 10 rings (SSSR count). The van der Waals surface area contributed by atoms with Crippen LogP contribution in [-0.4, -0.2) is 94.4 Å². The first-order valence-electron chi connectivity index (χ1n) is 22.9. The van der Waals surface area contributed by atoms with E-state index < -0.39 is 41.3 Å². The molecule has 1 aliphatic carbocycles. The summed E-state index contributed by atoms with van der Waals surface area (Å²) in [5.74, 6) is -1.09. The van der Waals surface area contributed by atoms with Crippen LogP contribution in [0.1, 0.15) is 107 Å². The second-order valence-electron chi connectivity index (χ2n) is 18.8. The fraction of sp³-hybridized carbons (Fsp3) is 0.500. The summed E-state index contributed by atoms with van der Waals surface area (Å²) in [6.07, 6.45) is 3.81. The van der Waals surface area contributed by atoms with Crippen molar-refractivity contribution in [3.63, 3.8) is 0 Å². The van der Waals surface area contributed by atoms with Gasteiger partial charge in [0.05, 0.1) is 49.8 Å². The van der Waals surface area contributed by atoms with Crippen molar-refractivity contribution >= 4 is 40.7 Å². The predicted octanol–water partition coefficient (Wildman–Crippen LogP) is 6.45. The first-order valence-corrected chi connectivity index (χ1v) is 22.9. The number of fused-ring (bicyclic) bond motifs is 2. The van der Waals surface area contributed by atoms with Crippen LogP contribution in [0.3, 0.4) is 0 Å². The van der Waals surface area contributed by atoms with Crippen LogP contribution in [0.15, 0.2) is 54.9 Å². The highest BCUT2D eigenvalue weighted by atomic mass is 19.4. The molecule has 14 nitrogen and oxygen atoms in total. The molecule has 348 valence electrons. The van der Waals surface area contributed by atoms with Crippen molar-refractivity contribution in [1.82, 2.24) is 25.0 Å². The van der Waals surface area contributed by atoms with E-state index in [2.05, 4.69) is 20.8 Å². The van der Waals surface area contributed by atoms with Gasteiger partial charge in [-0.2, -0.15) is 13.2 Å². The van der Waals surface area contributed by atoms with Crippen molar-refractivity contribution in [2.24, 2.45) is 13.0 Å². The maximum atomic E-state index is 16.0. The number of carbonyl (C=O) groups is 4. The minimum Gasteiger partial charge on any atom is -0.385 e. The van der Waals surface area contributed by atoms with Gasteiger partial charge in [-0.1, -0.05) is 12.1 Å². The molecular weight excluding hydrogens is 861 g/mol. The molecule has 2 N–H and O–H groups in total. The van der Waals surface area contributed by atoms with E-state index in [1.54, 1.807) is 30.6 Å². The number of aromatic nitrogens is 3. The summed E-state index contributed by atoms with van der Waals surface area (Å²) < 4.78 is 73.8. The smallest absolute Gasteiger partial charge is 0.385 e. The number of imide groups is 1. The van der Waals surface area contributed by atoms with Crippen molar-refractivity contribution in [3.05, 3.63) is 99.9 Å². The highest BCUT2D eigenvalue weighted by molar-refractivity contribution is 6.11. The lowest BCUT2D eigenvalue weighted by Crippen LogP contribution is -2.52. The number of carbonyl (C=O) groups excluding carboxylic acids is 4. The van der Waals surface area contributed by atoms with Gasteiger partial charge < -0.3 is 34.1 Å². The Hall–Kier alpha value is -5.88. The molecule has 18 heteroatoms. The predicted molar refractivity (Wildman–Crippen MR) is 233 cm³/mol. The Labute approximate surface area is 379 Å². The zero-order valence-corrected chi connectivity index (χ0v) is 36.7. The van der Waals surface area contributed by atoms with Crippen LogP contribution in [0.4, 0.5) is 34.6 Å². The minimum atomic E-state index is -4.65. The molecule has 0 spiro atoms. The van der Waals surface area contributed by atoms with E-state index in [0.29, 0.717) is 56.6 Å². The number of halogens is 4. The molecule has 0 bridgehead atoms. The molecule has 0 radical (unpaired) electrons. The van der Waals surface area contributed by atoms with Gasteiger partial charge in [0.2, 0.25) is 11.8 Å². The van der Waals surface area contributed by atoms with Gasteiger partial charge in [0.25, 0.3) is 11.8 Å². The molecule has 5 aliphatic heterocycles. The zero-order chi connectivity index (χ0) is 45.9. The Morgan fingerprint density at radius 3 is 2.36 bits per heavy atom. The molecule has 3 saturated heterocycles. The number of hydrogen-bond acceptors (Lipinski definition) is 10. The third kappa shape index (κ3) is 8.30. The van der Waals surface area contributed by atoms with E-state index in [-0.39, 0.29) is 77.4 Å². The zero-order valence-electron chi connectivity index (χ0n) is 36.7. The van der Waals surface area contributed by atoms with Crippen molar-refractivity contribution in [2.45, 2.75) is 107 Å². The fourth-order valence-electron chi connectivity index (χ4n) is 10.8. The lowest BCUT2D eigenvalue weighted by Gasteiger charge is -2.42. The average molecular weight is 913 g/mol. The van der Waals surface area contributed by atoms with Crippen molar-refractivity contribution < 1.29 is 46.2 Å². The number of benzene rings is 3. The third-order valence-electron chi connectivity index (χ3n) is 14.6. The number of alkyl halides is 3. The molecule has 66 heavy (non-hydrogen) atoms. The van der Waals surface area contributed by atoms with E-state index in [4.69, 9.17) is 9.47 Å². The molecule has 6 heterocycles. The first-order chi connectivity index (χ1) is 31.7. The lowest BCUT2D eigenvalue weighted by atomic mass is 9.75. The molecule has 4 fully saturated rings. The van der Waals surface area contributed by atoms with Crippen LogP contribution in [0, 0.1) is 11.7 Å². The van der Waals surface area contributed by atoms with Gasteiger partial charge in [0, 0.05) is 73.0 Å². The standard InChI is InChI=1S/C48H52F4N8O6/c1-57-27-54-56-41(57)22-47(25-65-26-47)29-3-2-4-31(19-29)59-23-36-35(46(59)64)20-30(21-38(36)48(50,51)52)53-16-13-28-5-7-32(8-6-28)66-33-14-17-58(18-15-33)39-10-9-34-37(43(39)49)24-60(45(34)63)40-11-12-42(61)55-44(40)62/h2-4,9-10,19-21,27-28,32-33,40,53H,5-8,11-18,22-26H2,1H3,(H,55,61,62)/t28-,32-,40?. The van der Waals surface area contributed by atoms with E-state index in [1.165, 1.54) is 9.80 Å². The van der Waals surface area contributed by atoms with E-state index in [9.17, 15) is 32.3 Å². The summed E-state index contributed by atoms with van der Waals surface area (Å²) in [5, 5.41) is 13.7. The molecule has 1 saturated carbocycles. The molecule has 4 aromatic rings. The summed E-state index contributed by atoms with van der Waals surface area (Å²) in [5.41, 5.74) is 1.49. The normalized spacial score (nSPS) is 23.2. The third-order valence-corrected chi connectivity index (χ3v) is 14.6. The molecular formula is C48H52F4N8O6. The molecule has 1 aromatic heterocycles. The van der Waals surface area contributed by atoms with Gasteiger partial charge in [-0.3, -0.25) is 24.5 Å². The lowest BCUT2D eigenvalue weighted by molar-refractivity contribution is -0.138. The minimum absolute atomic E-state index is 0.0209. The van der Waals surface area contributed by atoms with Crippen LogP contribution in [0.25, 0.3) is 0 Å². The summed E-state index contributed by atoms with van der Waals surface area (Å²) in [7, 11) is 1.87. The van der Waals surface area contributed by atoms with E-state index in [1.807, 2.05) is 34.7 Å². The Balaban J connectivity index is 0.704. The summed E-state index contributed by atoms with van der Waals surface area (Å²) >= 11 is 0. The Morgan fingerprint density at radius 1 is 0.894 bits per heavy atom. The Kier molecular flexibility index (Phi) is 11.6. The van der Waals surface area contributed by atoms with Gasteiger partial charge in [0.15, 0.2) is 5.82 Å². The number of anilines is 3. The topological polar surface area (TPSA) is 151 Å². The van der Waals surface area contributed by atoms with Crippen LogP contribution in [0.5, 0.6) is 0 Å². The number of rotatable bonds is 12. The van der Waals surface area contributed by atoms with Gasteiger partial charge in [-0.15, -0.1) is 10.2 Å².